The normalized spacial score (nSPS) is 14.7. The number of halogens is 1. The summed E-state index contributed by atoms with van der Waals surface area (Å²) in [5, 5.41) is 4.55. The Bertz CT molecular complexity index is 949. The summed E-state index contributed by atoms with van der Waals surface area (Å²) >= 11 is 6.36. The second-order valence-corrected chi connectivity index (χ2v) is 8.81. The van der Waals surface area contributed by atoms with E-state index in [1.165, 1.54) is 32.4 Å². The van der Waals surface area contributed by atoms with Crippen molar-refractivity contribution in [3.63, 3.8) is 0 Å². The van der Waals surface area contributed by atoms with Crippen molar-refractivity contribution < 1.29 is 17.9 Å². The zero-order valence-corrected chi connectivity index (χ0v) is 16.3. The second-order valence-electron chi connectivity index (χ2n) is 6.25. The Labute approximate surface area is 157 Å². The Balaban J connectivity index is 2.06. The molecule has 1 aliphatic carbocycles. The lowest BCUT2D eigenvalue weighted by Crippen LogP contribution is -2.22. The van der Waals surface area contributed by atoms with Crippen LogP contribution in [0.15, 0.2) is 29.3 Å². The van der Waals surface area contributed by atoms with Gasteiger partial charge in [0.25, 0.3) is 0 Å². The highest BCUT2D eigenvalue weighted by molar-refractivity contribution is 7.89. The number of hydrogen-bond acceptors (Lipinski definition) is 5. The van der Waals surface area contributed by atoms with Crippen molar-refractivity contribution in [2.45, 2.75) is 30.6 Å². The molecule has 1 fully saturated rings. The minimum atomic E-state index is -3.58. The Hall–Kier alpha value is -1.90. The minimum absolute atomic E-state index is 0.0991. The summed E-state index contributed by atoms with van der Waals surface area (Å²) in [5.74, 6) is -0.193. The molecule has 0 atom stereocenters. The van der Waals surface area contributed by atoms with Gasteiger partial charge in [-0.05, 0) is 38.0 Å². The van der Waals surface area contributed by atoms with Crippen molar-refractivity contribution in [3.05, 3.63) is 40.7 Å². The van der Waals surface area contributed by atoms with E-state index in [0.717, 1.165) is 22.8 Å². The third-order valence-electron chi connectivity index (χ3n) is 4.19. The van der Waals surface area contributed by atoms with Crippen LogP contribution in [0, 0.1) is 0 Å². The Kier molecular flexibility index (Phi) is 5.09. The first-order valence-electron chi connectivity index (χ1n) is 8.24. The monoisotopic (exact) mass is 397 g/mol. The molecular weight excluding hydrogens is 378 g/mol. The number of esters is 1. The maximum Gasteiger partial charge on any atom is 0.341 e. The molecule has 0 aliphatic heterocycles. The molecule has 140 valence electrons. The lowest BCUT2D eigenvalue weighted by Gasteiger charge is -2.14. The van der Waals surface area contributed by atoms with Crippen LogP contribution in [0.4, 0.5) is 0 Å². The molecule has 1 saturated carbocycles. The standard InChI is InChI=1S/C17H20ClN3O4S/c1-4-25-17(22)13-10-19-21(16(13)11-5-6-11)15-8-7-12(9-14(15)18)26(23,24)20(2)3/h7-11H,4-6H2,1-3H3. The summed E-state index contributed by atoms with van der Waals surface area (Å²) < 4.78 is 32.4. The topological polar surface area (TPSA) is 81.5 Å². The molecule has 3 rings (SSSR count). The fourth-order valence-corrected chi connectivity index (χ4v) is 3.95. The van der Waals surface area contributed by atoms with Gasteiger partial charge in [0.05, 0.1) is 34.1 Å². The molecule has 0 bridgehead atoms. The van der Waals surface area contributed by atoms with Gasteiger partial charge in [-0.25, -0.2) is 22.2 Å². The number of rotatable bonds is 6. The van der Waals surface area contributed by atoms with Gasteiger partial charge < -0.3 is 4.74 Å². The molecular formula is C17H20ClN3O4S. The molecule has 0 amide bonds. The molecule has 0 N–H and O–H groups in total. The number of ether oxygens (including phenoxy) is 1. The zero-order valence-electron chi connectivity index (χ0n) is 14.8. The van der Waals surface area contributed by atoms with E-state index in [2.05, 4.69) is 5.10 Å². The van der Waals surface area contributed by atoms with E-state index < -0.39 is 16.0 Å². The van der Waals surface area contributed by atoms with Crippen LogP contribution in [0.5, 0.6) is 0 Å². The highest BCUT2D eigenvalue weighted by Gasteiger charge is 2.34. The van der Waals surface area contributed by atoms with Crippen LogP contribution >= 0.6 is 11.6 Å². The van der Waals surface area contributed by atoms with Gasteiger partial charge in [-0.15, -0.1) is 0 Å². The number of carbonyl (C=O) groups excluding carboxylic acids is 1. The van der Waals surface area contributed by atoms with Crippen LogP contribution in [0.3, 0.4) is 0 Å². The number of sulfonamides is 1. The maximum absolute atomic E-state index is 12.3. The maximum atomic E-state index is 12.3. The molecule has 1 aliphatic rings. The largest absolute Gasteiger partial charge is 0.462 e. The summed E-state index contributed by atoms with van der Waals surface area (Å²) in [6, 6.07) is 4.49. The van der Waals surface area contributed by atoms with Crippen molar-refractivity contribution in [1.82, 2.24) is 14.1 Å². The molecule has 2 aromatic rings. The van der Waals surface area contributed by atoms with Gasteiger partial charge in [0.1, 0.15) is 5.56 Å². The van der Waals surface area contributed by atoms with E-state index in [1.54, 1.807) is 17.7 Å². The van der Waals surface area contributed by atoms with Crippen LogP contribution in [-0.2, 0) is 14.8 Å². The molecule has 0 spiro atoms. The first-order chi connectivity index (χ1) is 12.3. The first-order valence-corrected chi connectivity index (χ1v) is 10.1. The van der Waals surface area contributed by atoms with Gasteiger partial charge in [0.15, 0.2) is 0 Å². The summed E-state index contributed by atoms with van der Waals surface area (Å²) in [7, 11) is -0.663. The van der Waals surface area contributed by atoms with Crippen molar-refractivity contribution in [2.24, 2.45) is 0 Å². The number of hydrogen-bond donors (Lipinski definition) is 0. The average molecular weight is 398 g/mol. The van der Waals surface area contributed by atoms with Crippen molar-refractivity contribution in [3.8, 4) is 5.69 Å². The number of carbonyl (C=O) groups is 1. The van der Waals surface area contributed by atoms with Gasteiger partial charge in [-0.3, -0.25) is 0 Å². The number of aromatic nitrogens is 2. The lowest BCUT2D eigenvalue weighted by atomic mass is 10.1. The van der Waals surface area contributed by atoms with Crippen molar-refractivity contribution in [2.75, 3.05) is 20.7 Å². The molecule has 7 nitrogen and oxygen atoms in total. The van der Waals surface area contributed by atoms with Crippen LogP contribution < -0.4 is 0 Å². The van der Waals surface area contributed by atoms with Crippen molar-refractivity contribution in [1.29, 1.82) is 0 Å². The third kappa shape index (κ3) is 3.36. The third-order valence-corrected chi connectivity index (χ3v) is 6.31. The quantitative estimate of drug-likeness (QED) is 0.700. The van der Waals surface area contributed by atoms with E-state index in [-0.39, 0.29) is 22.4 Å². The van der Waals surface area contributed by atoms with Gasteiger partial charge >= 0.3 is 5.97 Å². The molecule has 1 aromatic carbocycles. The summed E-state index contributed by atoms with van der Waals surface area (Å²) in [5.41, 5.74) is 1.71. The fraction of sp³-hybridized carbons (Fsp3) is 0.412. The van der Waals surface area contributed by atoms with E-state index in [4.69, 9.17) is 16.3 Å². The lowest BCUT2D eigenvalue weighted by molar-refractivity contribution is 0.0525. The van der Waals surface area contributed by atoms with Crippen LogP contribution in [0.1, 0.15) is 41.7 Å². The number of nitrogens with zero attached hydrogens (tertiary/aromatic N) is 3. The Morgan fingerprint density at radius 3 is 2.62 bits per heavy atom. The average Bonchev–Trinajstić information content (AvgIpc) is 3.33. The SMILES string of the molecule is CCOC(=O)c1cnn(-c2ccc(S(=O)(=O)N(C)C)cc2Cl)c1C1CC1. The van der Waals surface area contributed by atoms with Crippen molar-refractivity contribution >= 4 is 27.6 Å². The van der Waals surface area contributed by atoms with Gasteiger partial charge in [-0.1, -0.05) is 11.6 Å². The predicted octanol–water partition coefficient (Wildman–Crippen LogP) is 2.83. The molecule has 1 aromatic heterocycles. The summed E-state index contributed by atoms with van der Waals surface area (Å²) in [6.45, 7) is 2.03. The Morgan fingerprint density at radius 1 is 1.38 bits per heavy atom. The highest BCUT2D eigenvalue weighted by atomic mass is 35.5. The zero-order chi connectivity index (χ0) is 19.1. The fourth-order valence-electron chi connectivity index (χ4n) is 2.70. The second kappa shape index (κ2) is 7.02. The number of benzene rings is 1. The van der Waals surface area contributed by atoms with Crippen LogP contribution in [0.25, 0.3) is 5.69 Å². The van der Waals surface area contributed by atoms with Gasteiger partial charge in [0, 0.05) is 20.0 Å². The summed E-state index contributed by atoms with van der Waals surface area (Å²) in [6.07, 6.45) is 3.40. The molecule has 0 radical (unpaired) electrons. The Morgan fingerprint density at radius 2 is 2.08 bits per heavy atom. The van der Waals surface area contributed by atoms with Crippen LogP contribution in [-0.4, -0.2) is 49.2 Å². The molecule has 0 saturated heterocycles. The smallest absolute Gasteiger partial charge is 0.341 e. The van der Waals surface area contributed by atoms with E-state index in [1.807, 2.05) is 0 Å². The predicted molar refractivity (Wildman–Crippen MR) is 97.4 cm³/mol. The summed E-state index contributed by atoms with van der Waals surface area (Å²) in [4.78, 5) is 12.3. The molecule has 1 heterocycles. The molecule has 26 heavy (non-hydrogen) atoms. The minimum Gasteiger partial charge on any atom is -0.462 e. The van der Waals surface area contributed by atoms with E-state index in [9.17, 15) is 13.2 Å². The van der Waals surface area contributed by atoms with Gasteiger partial charge in [0.2, 0.25) is 10.0 Å². The van der Waals surface area contributed by atoms with E-state index in [0.29, 0.717) is 11.3 Å². The highest BCUT2D eigenvalue weighted by Crippen LogP contribution is 2.43. The first kappa shape index (κ1) is 18.9. The molecule has 0 unspecified atom stereocenters. The van der Waals surface area contributed by atoms with E-state index >= 15 is 0 Å². The van der Waals surface area contributed by atoms with Crippen LogP contribution in [0.2, 0.25) is 5.02 Å². The molecule has 9 heteroatoms. The van der Waals surface area contributed by atoms with Gasteiger partial charge in [-0.2, -0.15) is 5.10 Å².